The van der Waals surface area contributed by atoms with E-state index in [0.29, 0.717) is 29.0 Å². The van der Waals surface area contributed by atoms with Gasteiger partial charge in [0.1, 0.15) is 17.4 Å². The van der Waals surface area contributed by atoms with Crippen LogP contribution in [0.4, 0.5) is 15.8 Å². The van der Waals surface area contributed by atoms with E-state index in [1.807, 2.05) is 6.92 Å². The van der Waals surface area contributed by atoms with Crippen molar-refractivity contribution in [3.05, 3.63) is 60.2 Å². The van der Waals surface area contributed by atoms with E-state index in [9.17, 15) is 14.0 Å². The fourth-order valence-corrected chi connectivity index (χ4v) is 3.36. The first-order valence-corrected chi connectivity index (χ1v) is 10.5. The Labute approximate surface area is 183 Å². The minimum atomic E-state index is -0.375. The van der Waals surface area contributed by atoms with Crippen molar-refractivity contribution in [2.75, 3.05) is 23.0 Å². The Balaban J connectivity index is 1.49. The molecule has 1 aromatic heterocycles. The second-order valence-electron chi connectivity index (χ2n) is 6.48. The number of nitrogens with zero attached hydrogens (tertiary/aromatic N) is 3. The lowest BCUT2D eigenvalue weighted by Gasteiger charge is -2.07. The molecule has 0 aliphatic carbocycles. The Kier molecular flexibility index (Phi) is 7.60. The molecule has 162 valence electrons. The molecular formula is C21H22FN5O3S. The minimum absolute atomic E-state index is 0.000186. The number of carbonyl (C=O) groups is 2. The van der Waals surface area contributed by atoms with Crippen LogP contribution in [0.1, 0.15) is 12.7 Å². The number of amides is 2. The number of hydrogen-bond acceptors (Lipinski definition) is 6. The number of halogens is 1. The topological polar surface area (TPSA) is 98.1 Å². The lowest BCUT2D eigenvalue weighted by Crippen LogP contribution is -2.17. The molecule has 0 aliphatic rings. The SMILES string of the molecule is CCOc1ccc(NC(=O)CSc2nnc(CC(=O)Nc3ccc(F)cc3)n2C)cc1. The standard InChI is InChI=1S/C21H22FN5O3S/c1-3-30-17-10-8-16(9-11-17)24-20(29)13-31-21-26-25-18(27(21)2)12-19(28)23-15-6-4-14(22)5-7-15/h4-11H,3,12-13H2,1-2H3,(H,23,28)(H,24,29). The first kappa shape index (κ1) is 22.3. The third kappa shape index (κ3) is 6.54. The van der Waals surface area contributed by atoms with Gasteiger partial charge in [-0.05, 0) is 55.5 Å². The van der Waals surface area contributed by atoms with Gasteiger partial charge in [-0.1, -0.05) is 11.8 Å². The maximum atomic E-state index is 13.0. The number of aromatic nitrogens is 3. The lowest BCUT2D eigenvalue weighted by molar-refractivity contribution is -0.116. The second-order valence-corrected chi connectivity index (χ2v) is 7.43. The molecule has 1 heterocycles. The highest BCUT2D eigenvalue weighted by Crippen LogP contribution is 2.19. The van der Waals surface area contributed by atoms with Crippen molar-refractivity contribution in [1.82, 2.24) is 14.8 Å². The summed E-state index contributed by atoms with van der Waals surface area (Å²) in [5.74, 6) is 0.471. The molecule has 0 spiro atoms. The van der Waals surface area contributed by atoms with Crippen molar-refractivity contribution in [3.63, 3.8) is 0 Å². The van der Waals surface area contributed by atoms with E-state index in [1.165, 1.54) is 36.0 Å². The van der Waals surface area contributed by atoms with E-state index in [0.717, 1.165) is 5.75 Å². The monoisotopic (exact) mass is 443 g/mol. The highest BCUT2D eigenvalue weighted by molar-refractivity contribution is 7.99. The predicted octanol–water partition coefficient (Wildman–Crippen LogP) is 3.26. The maximum absolute atomic E-state index is 13.0. The Morgan fingerprint density at radius 1 is 1.00 bits per heavy atom. The average Bonchev–Trinajstić information content (AvgIpc) is 3.09. The molecule has 0 unspecified atom stereocenters. The molecule has 0 saturated heterocycles. The lowest BCUT2D eigenvalue weighted by atomic mass is 10.3. The van der Waals surface area contributed by atoms with Gasteiger partial charge in [0.25, 0.3) is 0 Å². The van der Waals surface area contributed by atoms with Gasteiger partial charge in [0.15, 0.2) is 5.16 Å². The number of benzene rings is 2. The molecule has 2 aromatic carbocycles. The number of ether oxygens (including phenoxy) is 1. The first-order valence-electron chi connectivity index (χ1n) is 9.53. The summed E-state index contributed by atoms with van der Waals surface area (Å²) >= 11 is 1.22. The fourth-order valence-electron chi connectivity index (χ4n) is 2.64. The summed E-state index contributed by atoms with van der Waals surface area (Å²) in [6.45, 7) is 2.48. The van der Waals surface area contributed by atoms with Crippen molar-refractivity contribution in [3.8, 4) is 5.75 Å². The van der Waals surface area contributed by atoms with Gasteiger partial charge in [-0.2, -0.15) is 0 Å². The molecule has 0 atom stereocenters. The molecule has 3 aromatic rings. The molecule has 0 fully saturated rings. The second kappa shape index (κ2) is 10.6. The molecule has 0 bridgehead atoms. The Hall–Kier alpha value is -3.40. The van der Waals surface area contributed by atoms with Crippen LogP contribution >= 0.6 is 11.8 Å². The summed E-state index contributed by atoms with van der Waals surface area (Å²) < 4.78 is 20.0. The van der Waals surface area contributed by atoms with Crippen molar-refractivity contribution in [2.45, 2.75) is 18.5 Å². The normalized spacial score (nSPS) is 10.5. The third-order valence-corrected chi connectivity index (χ3v) is 5.17. The molecule has 8 nitrogen and oxygen atoms in total. The maximum Gasteiger partial charge on any atom is 0.234 e. The molecule has 3 rings (SSSR count). The molecule has 2 amide bonds. The van der Waals surface area contributed by atoms with E-state index in [2.05, 4.69) is 20.8 Å². The van der Waals surface area contributed by atoms with Gasteiger partial charge in [-0.15, -0.1) is 10.2 Å². The summed E-state index contributed by atoms with van der Waals surface area (Å²) in [5.41, 5.74) is 1.17. The Morgan fingerprint density at radius 3 is 2.26 bits per heavy atom. The van der Waals surface area contributed by atoms with Crippen molar-refractivity contribution in [2.24, 2.45) is 7.05 Å². The third-order valence-electron chi connectivity index (χ3n) is 4.15. The minimum Gasteiger partial charge on any atom is -0.494 e. The van der Waals surface area contributed by atoms with Gasteiger partial charge in [0.05, 0.1) is 18.8 Å². The van der Waals surface area contributed by atoms with Crippen molar-refractivity contribution < 1.29 is 18.7 Å². The zero-order valence-corrected chi connectivity index (χ0v) is 17.9. The number of carbonyl (C=O) groups excluding carboxylic acids is 2. The smallest absolute Gasteiger partial charge is 0.234 e. The average molecular weight is 444 g/mol. The van der Waals surface area contributed by atoms with E-state index >= 15 is 0 Å². The number of anilines is 2. The van der Waals surface area contributed by atoms with Crippen molar-refractivity contribution >= 4 is 35.0 Å². The number of rotatable bonds is 9. The van der Waals surface area contributed by atoms with Gasteiger partial charge >= 0.3 is 0 Å². The molecule has 0 saturated carbocycles. The van der Waals surface area contributed by atoms with Crippen LogP contribution in [0.25, 0.3) is 0 Å². The molecule has 0 aliphatic heterocycles. The van der Waals surface area contributed by atoms with Gasteiger partial charge < -0.3 is 19.9 Å². The molecule has 10 heteroatoms. The van der Waals surface area contributed by atoms with Crippen LogP contribution in [0.2, 0.25) is 0 Å². The van der Waals surface area contributed by atoms with E-state index in [4.69, 9.17) is 4.74 Å². The van der Waals surface area contributed by atoms with Crippen LogP contribution in [0.5, 0.6) is 5.75 Å². The Bertz CT molecular complexity index is 1040. The van der Waals surface area contributed by atoms with E-state index in [-0.39, 0.29) is 29.8 Å². The highest BCUT2D eigenvalue weighted by atomic mass is 32.2. The highest BCUT2D eigenvalue weighted by Gasteiger charge is 2.15. The first-order chi connectivity index (χ1) is 14.9. The van der Waals surface area contributed by atoms with Gasteiger partial charge in [-0.3, -0.25) is 9.59 Å². The van der Waals surface area contributed by atoms with Gasteiger partial charge in [-0.25, -0.2) is 4.39 Å². The quantitative estimate of drug-likeness (QED) is 0.493. The van der Waals surface area contributed by atoms with Crippen LogP contribution in [0.15, 0.2) is 53.7 Å². The summed E-state index contributed by atoms with van der Waals surface area (Å²) in [7, 11) is 1.73. The Morgan fingerprint density at radius 2 is 1.61 bits per heavy atom. The zero-order chi connectivity index (χ0) is 22.2. The largest absolute Gasteiger partial charge is 0.494 e. The van der Waals surface area contributed by atoms with Gasteiger partial charge in [0, 0.05) is 18.4 Å². The number of nitrogens with one attached hydrogen (secondary N) is 2. The van der Waals surface area contributed by atoms with Gasteiger partial charge in [0.2, 0.25) is 11.8 Å². The molecule has 0 radical (unpaired) electrons. The zero-order valence-electron chi connectivity index (χ0n) is 17.1. The summed E-state index contributed by atoms with van der Waals surface area (Å²) in [6.07, 6.45) is -0.000186. The summed E-state index contributed by atoms with van der Waals surface area (Å²) in [4.78, 5) is 24.4. The van der Waals surface area contributed by atoms with Crippen LogP contribution in [-0.2, 0) is 23.1 Å². The molecule has 2 N–H and O–H groups in total. The van der Waals surface area contributed by atoms with E-state index in [1.54, 1.807) is 35.9 Å². The van der Waals surface area contributed by atoms with Crippen LogP contribution in [0, 0.1) is 5.82 Å². The number of thioether (sulfide) groups is 1. The molecular weight excluding hydrogens is 421 g/mol. The fraction of sp³-hybridized carbons (Fsp3) is 0.238. The summed E-state index contributed by atoms with van der Waals surface area (Å²) in [6, 6.07) is 12.6. The van der Waals surface area contributed by atoms with Crippen molar-refractivity contribution in [1.29, 1.82) is 0 Å². The predicted molar refractivity (Wildman–Crippen MR) is 117 cm³/mol. The summed E-state index contributed by atoms with van der Waals surface area (Å²) in [5, 5.41) is 14.1. The molecule has 31 heavy (non-hydrogen) atoms. The van der Waals surface area contributed by atoms with Crippen LogP contribution in [0.3, 0.4) is 0 Å². The number of hydrogen-bond donors (Lipinski definition) is 2. The van der Waals surface area contributed by atoms with Crippen LogP contribution in [-0.4, -0.2) is 38.9 Å². The van der Waals surface area contributed by atoms with Crippen LogP contribution < -0.4 is 15.4 Å². The van der Waals surface area contributed by atoms with E-state index < -0.39 is 0 Å².